The zero-order valence-electron chi connectivity index (χ0n) is 13.2. The average molecular weight is 318 g/mol. The highest BCUT2D eigenvalue weighted by atomic mass is 28.4. The summed E-state index contributed by atoms with van der Waals surface area (Å²) >= 11 is 0. The Hall–Kier alpha value is -0.763. The van der Waals surface area contributed by atoms with Crippen molar-refractivity contribution in [1.29, 1.82) is 0 Å². The molecule has 0 spiro atoms. The molecule has 1 aliphatic rings. The van der Waals surface area contributed by atoms with Gasteiger partial charge < -0.3 is 18.0 Å². The Morgan fingerprint density at radius 3 is 2.29 bits per heavy atom. The number of hydrogen-bond donors (Lipinski definition) is 0. The summed E-state index contributed by atoms with van der Waals surface area (Å²) in [4.78, 5) is 22.5. The Balaban J connectivity index is 2.50. The van der Waals surface area contributed by atoms with E-state index in [1.54, 1.807) is 0 Å². The van der Waals surface area contributed by atoms with Crippen LogP contribution in [-0.2, 0) is 27.6 Å². The van der Waals surface area contributed by atoms with Gasteiger partial charge in [-0.2, -0.15) is 0 Å². The van der Waals surface area contributed by atoms with Crippen molar-refractivity contribution >= 4 is 20.7 Å². The minimum atomic E-state index is -2.66. The van der Waals surface area contributed by atoms with Crippen molar-refractivity contribution in [2.24, 2.45) is 5.92 Å². The predicted octanol–water partition coefficient (Wildman–Crippen LogP) is 2.29. The van der Waals surface area contributed by atoms with Gasteiger partial charge in [-0.1, -0.05) is 6.92 Å². The first-order chi connectivity index (χ1) is 10.1. The first-order valence-electron chi connectivity index (χ1n) is 7.73. The molecule has 122 valence electrons. The van der Waals surface area contributed by atoms with Crippen LogP contribution in [0.3, 0.4) is 0 Å². The molecule has 1 fully saturated rings. The topological polar surface area (TPSA) is 71.1 Å². The minimum Gasteiger partial charge on any atom is -0.393 e. The highest BCUT2D eigenvalue weighted by molar-refractivity contribution is 6.60. The van der Waals surface area contributed by atoms with Gasteiger partial charge in [0.05, 0.1) is 12.3 Å². The standard InChI is InChI=1S/C14H26O6Si/c1-4-9-19-21(17-5-2,18-6-3)10-7-8-12-11-13(15)20-14(12)16/h12H,4-11H2,1-3H3. The van der Waals surface area contributed by atoms with Gasteiger partial charge in [-0.3, -0.25) is 9.59 Å². The van der Waals surface area contributed by atoms with Crippen LogP contribution in [0.4, 0.5) is 0 Å². The van der Waals surface area contributed by atoms with E-state index < -0.39 is 20.7 Å². The molecule has 0 aromatic rings. The number of carbonyl (C=O) groups is 2. The van der Waals surface area contributed by atoms with Crippen molar-refractivity contribution < 1.29 is 27.6 Å². The lowest BCUT2D eigenvalue weighted by Gasteiger charge is -2.29. The summed E-state index contributed by atoms with van der Waals surface area (Å²) in [6, 6.07) is 0.659. The summed E-state index contributed by atoms with van der Waals surface area (Å²) in [6.07, 6.45) is 2.42. The molecule has 1 rings (SSSR count). The fourth-order valence-electron chi connectivity index (χ4n) is 2.35. The van der Waals surface area contributed by atoms with Gasteiger partial charge >= 0.3 is 20.7 Å². The number of carbonyl (C=O) groups excluding carboxylic acids is 2. The van der Waals surface area contributed by atoms with Crippen LogP contribution in [0.1, 0.15) is 46.5 Å². The molecule has 0 aliphatic carbocycles. The maximum Gasteiger partial charge on any atom is 0.500 e. The summed E-state index contributed by atoms with van der Waals surface area (Å²) in [5.74, 6) is -1.15. The van der Waals surface area contributed by atoms with Crippen LogP contribution in [0.15, 0.2) is 0 Å². The zero-order chi connectivity index (χ0) is 15.7. The second kappa shape index (κ2) is 9.29. The third-order valence-electron chi connectivity index (χ3n) is 3.25. The Morgan fingerprint density at radius 1 is 1.14 bits per heavy atom. The zero-order valence-corrected chi connectivity index (χ0v) is 14.2. The van der Waals surface area contributed by atoms with E-state index in [0.29, 0.717) is 32.3 Å². The summed E-state index contributed by atoms with van der Waals surface area (Å²) < 4.78 is 22.0. The highest BCUT2D eigenvalue weighted by Crippen LogP contribution is 2.26. The molecule has 0 bridgehead atoms. The molecule has 1 unspecified atom stereocenters. The van der Waals surface area contributed by atoms with Crippen LogP contribution in [0.25, 0.3) is 0 Å². The normalized spacial score (nSPS) is 19.1. The lowest BCUT2D eigenvalue weighted by atomic mass is 10.0. The predicted molar refractivity (Wildman–Crippen MR) is 78.5 cm³/mol. The molecular weight excluding hydrogens is 292 g/mol. The SMILES string of the molecule is CCCO[Si](CCCC1CC(=O)OC1=O)(OCC)OCC. The summed E-state index contributed by atoms with van der Waals surface area (Å²) in [5, 5.41) is 0. The highest BCUT2D eigenvalue weighted by Gasteiger charge is 2.41. The van der Waals surface area contributed by atoms with Crippen molar-refractivity contribution in [2.45, 2.75) is 52.5 Å². The molecule has 21 heavy (non-hydrogen) atoms. The molecule has 1 atom stereocenters. The van der Waals surface area contributed by atoms with E-state index >= 15 is 0 Å². The molecular formula is C14H26O6Si. The summed E-state index contributed by atoms with van der Waals surface area (Å²) in [7, 11) is -2.66. The lowest BCUT2D eigenvalue weighted by Crippen LogP contribution is -2.46. The number of ether oxygens (including phenoxy) is 1. The largest absolute Gasteiger partial charge is 0.500 e. The lowest BCUT2D eigenvalue weighted by molar-refractivity contribution is -0.153. The van der Waals surface area contributed by atoms with Crippen LogP contribution in [0.2, 0.25) is 6.04 Å². The third-order valence-corrected chi connectivity index (χ3v) is 6.32. The molecule has 1 saturated heterocycles. The first kappa shape index (κ1) is 18.3. The maximum atomic E-state index is 11.4. The van der Waals surface area contributed by atoms with Crippen LogP contribution < -0.4 is 0 Å². The second-order valence-corrected chi connectivity index (χ2v) is 7.72. The molecule has 0 aromatic heterocycles. The molecule has 0 radical (unpaired) electrons. The van der Waals surface area contributed by atoms with Gasteiger partial charge in [0, 0.05) is 25.9 Å². The van der Waals surface area contributed by atoms with Crippen molar-refractivity contribution in [2.75, 3.05) is 19.8 Å². The fraction of sp³-hybridized carbons (Fsp3) is 0.857. The molecule has 0 amide bonds. The van der Waals surface area contributed by atoms with Crippen molar-refractivity contribution in [3.63, 3.8) is 0 Å². The Labute approximate surface area is 127 Å². The molecule has 0 saturated carbocycles. The van der Waals surface area contributed by atoms with Gasteiger partial charge in [0.25, 0.3) is 0 Å². The van der Waals surface area contributed by atoms with E-state index in [-0.39, 0.29) is 12.3 Å². The molecule has 6 nitrogen and oxygen atoms in total. The fourth-order valence-corrected chi connectivity index (χ4v) is 5.06. The van der Waals surface area contributed by atoms with Crippen molar-refractivity contribution in [3.8, 4) is 0 Å². The Bertz CT molecular complexity index is 340. The smallest absolute Gasteiger partial charge is 0.393 e. The van der Waals surface area contributed by atoms with Crippen LogP contribution in [0.5, 0.6) is 0 Å². The number of rotatable bonds is 11. The van der Waals surface area contributed by atoms with E-state index in [1.807, 2.05) is 20.8 Å². The Morgan fingerprint density at radius 2 is 1.81 bits per heavy atom. The van der Waals surface area contributed by atoms with Gasteiger partial charge in [0.1, 0.15) is 0 Å². The van der Waals surface area contributed by atoms with E-state index in [0.717, 1.165) is 12.8 Å². The Kier molecular flexibility index (Phi) is 8.09. The van der Waals surface area contributed by atoms with Gasteiger partial charge in [-0.15, -0.1) is 0 Å². The van der Waals surface area contributed by atoms with Gasteiger partial charge in [-0.05, 0) is 33.1 Å². The number of cyclic esters (lactones) is 2. The quantitative estimate of drug-likeness (QED) is 0.331. The molecule has 1 aliphatic heterocycles. The molecule has 7 heteroatoms. The van der Waals surface area contributed by atoms with Crippen LogP contribution >= 0.6 is 0 Å². The first-order valence-corrected chi connectivity index (χ1v) is 9.66. The van der Waals surface area contributed by atoms with E-state index in [4.69, 9.17) is 13.3 Å². The average Bonchev–Trinajstić information content (AvgIpc) is 2.75. The number of esters is 2. The summed E-state index contributed by atoms with van der Waals surface area (Å²) in [6.45, 7) is 7.57. The van der Waals surface area contributed by atoms with E-state index in [2.05, 4.69) is 4.74 Å². The van der Waals surface area contributed by atoms with Gasteiger partial charge in [0.15, 0.2) is 0 Å². The van der Waals surface area contributed by atoms with Crippen molar-refractivity contribution in [3.05, 3.63) is 0 Å². The van der Waals surface area contributed by atoms with Crippen LogP contribution in [-0.4, -0.2) is 40.6 Å². The molecule has 0 aromatic carbocycles. The molecule has 0 N–H and O–H groups in total. The summed E-state index contributed by atoms with van der Waals surface area (Å²) in [5.41, 5.74) is 0. The van der Waals surface area contributed by atoms with Gasteiger partial charge in [0.2, 0.25) is 0 Å². The van der Waals surface area contributed by atoms with Gasteiger partial charge in [-0.25, -0.2) is 0 Å². The monoisotopic (exact) mass is 318 g/mol. The number of hydrogen-bond acceptors (Lipinski definition) is 6. The van der Waals surface area contributed by atoms with E-state index in [1.165, 1.54) is 0 Å². The van der Waals surface area contributed by atoms with Crippen molar-refractivity contribution in [1.82, 2.24) is 0 Å². The minimum absolute atomic E-state index is 0.187. The second-order valence-electron chi connectivity index (χ2n) is 4.98. The molecule has 1 heterocycles. The third kappa shape index (κ3) is 5.86. The van der Waals surface area contributed by atoms with Crippen LogP contribution in [0, 0.1) is 5.92 Å². The maximum absolute atomic E-state index is 11.4. The van der Waals surface area contributed by atoms with E-state index in [9.17, 15) is 9.59 Å².